The molecule has 0 spiro atoms. The number of benzene rings is 1. The van der Waals surface area contributed by atoms with E-state index in [1.807, 2.05) is 6.20 Å². The molecule has 0 bridgehead atoms. The number of amides is 2. The van der Waals surface area contributed by atoms with Crippen LogP contribution < -0.4 is 5.32 Å². The third-order valence-corrected chi connectivity index (χ3v) is 5.89. The number of carbonyl (C=O) groups is 1. The number of hydrogen-bond donors (Lipinski definition) is 1. The Hall–Kier alpha value is -2.18. The van der Waals surface area contributed by atoms with Gasteiger partial charge < -0.3 is 10.2 Å². The Kier molecular flexibility index (Phi) is 4.78. The van der Waals surface area contributed by atoms with Crippen LogP contribution in [0.4, 0.5) is 13.6 Å². The van der Waals surface area contributed by atoms with Crippen molar-refractivity contribution in [3.8, 4) is 0 Å². The third kappa shape index (κ3) is 3.92. The van der Waals surface area contributed by atoms with Gasteiger partial charge in [-0.05, 0) is 44.7 Å². The van der Waals surface area contributed by atoms with E-state index in [1.54, 1.807) is 4.90 Å². The second-order valence-electron chi connectivity index (χ2n) is 7.95. The molecule has 146 valence electrons. The van der Waals surface area contributed by atoms with Gasteiger partial charge in [0.2, 0.25) is 5.92 Å². The number of nitrogens with one attached hydrogen (secondary N) is 1. The predicted molar refractivity (Wildman–Crippen MR) is 100 cm³/mol. The van der Waals surface area contributed by atoms with Crippen LogP contribution in [-0.4, -0.2) is 45.8 Å². The molecule has 1 aliphatic heterocycles. The lowest BCUT2D eigenvalue weighted by atomic mass is 9.92. The highest BCUT2D eigenvalue weighted by atomic mass is 19.3. The van der Waals surface area contributed by atoms with Crippen molar-refractivity contribution >= 4 is 16.9 Å². The Morgan fingerprint density at radius 2 is 1.89 bits per heavy atom. The van der Waals surface area contributed by atoms with Crippen LogP contribution in [0.25, 0.3) is 10.9 Å². The zero-order valence-corrected chi connectivity index (χ0v) is 15.6. The average Bonchev–Trinajstić information content (AvgIpc) is 3.06. The molecule has 1 saturated heterocycles. The van der Waals surface area contributed by atoms with E-state index in [4.69, 9.17) is 0 Å². The third-order valence-electron chi connectivity index (χ3n) is 5.89. The molecule has 5 nitrogen and oxygen atoms in total. The minimum atomic E-state index is -2.56. The van der Waals surface area contributed by atoms with Gasteiger partial charge in [-0.2, -0.15) is 5.10 Å². The lowest BCUT2D eigenvalue weighted by Crippen LogP contribution is -2.49. The number of piperidine rings is 1. The summed E-state index contributed by atoms with van der Waals surface area (Å²) in [6.45, 7) is 3.39. The molecule has 0 unspecified atom stereocenters. The van der Waals surface area contributed by atoms with E-state index in [0.717, 1.165) is 23.7 Å². The number of urea groups is 1. The average molecular weight is 376 g/mol. The summed E-state index contributed by atoms with van der Waals surface area (Å²) in [5, 5.41) is 8.65. The molecule has 0 atom stereocenters. The smallest absolute Gasteiger partial charge is 0.317 e. The highest BCUT2D eigenvalue weighted by Gasteiger charge is 2.36. The topological polar surface area (TPSA) is 50.2 Å². The van der Waals surface area contributed by atoms with Crippen LogP contribution in [0, 0.1) is 6.92 Å². The van der Waals surface area contributed by atoms with E-state index in [0.29, 0.717) is 25.9 Å². The van der Waals surface area contributed by atoms with Crippen LogP contribution in [0.2, 0.25) is 0 Å². The highest BCUT2D eigenvalue weighted by molar-refractivity contribution is 5.79. The van der Waals surface area contributed by atoms with Gasteiger partial charge in [-0.25, -0.2) is 13.6 Å². The second kappa shape index (κ2) is 7.09. The zero-order valence-electron chi connectivity index (χ0n) is 15.6. The number of nitrogens with zero attached hydrogens (tertiary/aromatic N) is 3. The number of alkyl halides is 2. The fraction of sp³-hybridized carbons (Fsp3) is 0.600. The van der Waals surface area contributed by atoms with Gasteiger partial charge in [0.15, 0.2) is 0 Å². The molecule has 27 heavy (non-hydrogen) atoms. The lowest BCUT2D eigenvalue weighted by Gasteiger charge is -2.35. The summed E-state index contributed by atoms with van der Waals surface area (Å²) in [6, 6.07) is 6.36. The molecule has 1 N–H and O–H groups in total. The molecule has 1 aromatic heterocycles. The number of likely N-dealkylation sites (tertiary alicyclic amines) is 1. The van der Waals surface area contributed by atoms with Gasteiger partial charge in [0.1, 0.15) is 0 Å². The van der Waals surface area contributed by atoms with Crippen molar-refractivity contribution in [2.75, 3.05) is 13.1 Å². The maximum absolute atomic E-state index is 13.2. The Balaban J connectivity index is 1.32. The summed E-state index contributed by atoms with van der Waals surface area (Å²) in [5.74, 6) is -2.56. The van der Waals surface area contributed by atoms with E-state index in [2.05, 4.69) is 40.2 Å². The van der Waals surface area contributed by atoms with Crippen molar-refractivity contribution in [3.63, 3.8) is 0 Å². The molecule has 2 aliphatic rings. The predicted octanol–water partition coefficient (Wildman–Crippen LogP) is 4.27. The largest absolute Gasteiger partial charge is 0.335 e. The monoisotopic (exact) mass is 376 g/mol. The number of rotatable bonds is 2. The Labute approximate surface area is 157 Å². The number of aryl methyl sites for hydroxylation is 1. The first-order valence-corrected chi connectivity index (χ1v) is 9.78. The summed E-state index contributed by atoms with van der Waals surface area (Å²) in [5.41, 5.74) is 2.35. The molecular formula is C20H26F2N4O. The molecule has 1 aliphatic carbocycles. The standard InChI is InChI=1S/C20H26F2N4O/c1-14-2-3-18-15(12-14)13-23-26(18)17-6-10-25(11-7-17)19(27)24-16-4-8-20(21,22)9-5-16/h2-3,12-13,16-17H,4-11H2,1H3,(H,24,27). The van der Waals surface area contributed by atoms with Crippen LogP contribution in [0.1, 0.15) is 50.1 Å². The number of aromatic nitrogens is 2. The summed E-state index contributed by atoms with van der Waals surface area (Å²) < 4.78 is 28.6. The van der Waals surface area contributed by atoms with Crippen molar-refractivity contribution in [2.24, 2.45) is 0 Å². The second-order valence-corrected chi connectivity index (χ2v) is 7.95. The number of carbonyl (C=O) groups excluding carboxylic acids is 1. The van der Waals surface area contributed by atoms with Gasteiger partial charge in [-0.15, -0.1) is 0 Å². The highest BCUT2D eigenvalue weighted by Crippen LogP contribution is 2.33. The van der Waals surface area contributed by atoms with Crippen LogP contribution in [0.15, 0.2) is 24.4 Å². The molecular weight excluding hydrogens is 350 g/mol. The fourth-order valence-electron chi connectivity index (χ4n) is 4.23. The Morgan fingerprint density at radius 3 is 2.59 bits per heavy atom. The maximum Gasteiger partial charge on any atom is 0.317 e. The maximum atomic E-state index is 13.2. The number of hydrogen-bond acceptors (Lipinski definition) is 2. The van der Waals surface area contributed by atoms with Gasteiger partial charge in [-0.1, -0.05) is 11.6 Å². The van der Waals surface area contributed by atoms with Gasteiger partial charge in [-0.3, -0.25) is 4.68 Å². The molecule has 1 aromatic carbocycles. The lowest BCUT2D eigenvalue weighted by molar-refractivity contribution is -0.0398. The van der Waals surface area contributed by atoms with Crippen molar-refractivity contribution < 1.29 is 13.6 Å². The fourth-order valence-corrected chi connectivity index (χ4v) is 4.23. The molecule has 0 radical (unpaired) electrons. The normalized spacial score (nSPS) is 21.5. The zero-order chi connectivity index (χ0) is 19.0. The van der Waals surface area contributed by atoms with Crippen molar-refractivity contribution in [3.05, 3.63) is 30.0 Å². The molecule has 2 heterocycles. The first kappa shape index (κ1) is 18.2. The molecule has 2 fully saturated rings. The number of fused-ring (bicyclic) bond motifs is 1. The van der Waals surface area contributed by atoms with Gasteiger partial charge in [0.25, 0.3) is 0 Å². The molecule has 1 saturated carbocycles. The van der Waals surface area contributed by atoms with Crippen LogP contribution in [0.5, 0.6) is 0 Å². The summed E-state index contributed by atoms with van der Waals surface area (Å²) in [6.07, 6.45) is 4.04. The molecule has 2 aromatic rings. The van der Waals surface area contributed by atoms with Crippen molar-refractivity contribution in [1.82, 2.24) is 20.0 Å². The summed E-state index contributed by atoms with van der Waals surface area (Å²) >= 11 is 0. The van der Waals surface area contributed by atoms with Crippen molar-refractivity contribution in [1.29, 1.82) is 0 Å². The first-order chi connectivity index (χ1) is 12.9. The van der Waals surface area contributed by atoms with Crippen molar-refractivity contribution in [2.45, 2.75) is 63.5 Å². The minimum Gasteiger partial charge on any atom is -0.335 e. The Morgan fingerprint density at radius 1 is 1.19 bits per heavy atom. The van der Waals surface area contributed by atoms with E-state index in [9.17, 15) is 13.6 Å². The van der Waals surface area contributed by atoms with E-state index in [-0.39, 0.29) is 31.0 Å². The SMILES string of the molecule is Cc1ccc2c(cnn2C2CCN(C(=O)NC3CCC(F)(F)CC3)CC2)c1. The number of halogens is 2. The van der Waals surface area contributed by atoms with Gasteiger partial charge in [0, 0.05) is 37.4 Å². The molecule has 7 heteroatoms. The Bertz CT molecular complexity index is 816. The summed E-state index contributed by atoms with van der Waals surface area (Å²) in [7, 11) is 0. The first-order valence-electron chi connectivity index (χ1n) is 9.78. The van der Waals surface area contributed by atoms with Crippen LogP contribution in [0.3, 0.4) is 0 Å². The van der Waals surface area contributed by atoms with Crippen LogP contribution >= 0.6 is 0 Å². The summed E-state index contributed by atoms with van der Waals surface area (Å²) in [4.78, 5) is 14.3. The van der Waals surface area contributed by atoms with Gasteiger partial charge >= 0.3 is 6.03 Å². The van der Waals surface area contributed by atoms with Crippen LogP contribution in [-0.2, 0) is 0 Å². The molecule has 4 rings (SSSR count). The minimum absolute atomic E-state index is 0.121. The van der Waals surface area contributed by atoms with Gasteiger partial charge in [0.05, 0.1) is 17.8 Å². The van der Waals surface area contributed by atoms with E-state index >= 15 is 0 Å². The molecule has 2 amide bonds. The quantitative estimate of drug-likeness (QED) is 0.851. The van der Waals surface area contributed by atoms with E-state index < -0.39 is 5.92 Å². The van der Waals surface area contributed by atoms with E-state index in [1.165, 1.54) is 5.56 Å².